The second-order valence-electron chi connectivity index (χ2n) is 11.2. The van der Waals surface area contributed by atoms with E-state index in [0.29, 0.717) is 23.8 Å². The van der Waals surface area contributed by atoms with Crippen LogP contribution in [0.5, 0.6) is 0 Å². The van der Waals surface area contributed by atoms with Gasteiger partial charge in [-0.2, -0.15) is 16.8 Å². The zero-order valence-electron chi connectivity index (χ0n) is 29.0. The minimum atomic E-state index is -4.67. The summed E-state index contributed by atoms with van der Waals surface area (Å²) in [7, 11) is -9.33. The first-order valence-corrected chi connectivity index (χ1v) is 17.9. The predicted octanol–water partition coefficient (Wildman–Crippen LogP) is -0.631. The predicted molar refractivity (Wildman–Crippen MR) is 175 cm³/mol. The van der Waals surface area contributed by atoms with E-state index in [1.54, 1.807) is 6.92 Å². The molecule has 274 valence electrons. The summed E-state index contributed by atoms with van der Waals surface area (Å²) >= 11 is 0. The van der Waals surface area contributed by atoms with Crippen LogP contribution in [0, 0.1) is 17.8 Å². The van der Waals surface area contributed by atoms with Gasteiger partial charge in [-0.3, -0.25) is 18.2 Å². The smallest absolute Gasteiger partial charge is 1.00 e. The van der Waals surface area contributed by atoms with Gasteiger partial charge in [-0.15, -0.1) is 0 Å². The van der Waals surface area contributed by atoms with Crippen molar-refractivity contribution < 1.29 is 81.6 Å². The summed E-state index contributed by atoms with van der Waals surface area (Å²) in [6.07, 6.45) is 13.2. The molecule has 0 radical (unpaired) electrons. The maximum atomic E-state index is 8.74. The third kappa shape index (κ3) is 33.4. The van der Waals surface area contributed by atoms with Gasteiger partial charge >= 0.3 is 50.4 Å². The molecule has 20 heteroatoms. The monoisotopic (exact) mass is 720 g/mol. The maximum Gasteiger partial charge on any atom is 1.00 e. The first-order chi connectivity index (χ1) is 20.7. The minimum absolute atomic E-state index is 0. The van der Waals surface area contributed by atoms with E-state index in [1.165, 1.54) is 25.7 Å². The van der Waals surface area contributed by atoms with Crippen molar-refractivity contribution in [2.24, 2.45) is 51.0 Å². The van der Waals surface area contributed by atoms with Gasteiger partial charge in [0.1, 0.15) is 11.4 Å². The molecule has 46 heavy (non-hydrogen) atoms. The third-order valence-corrected chi connectivity index (χ3v) is 7.71. The number of rotatable bonds is 3. The molecular formula is C26H61N6NaO11S2. The van der Waals surface area contributed by atoms with E-state index >= 15 is 0 Å². The van der Waals surface area contributed by atoms with Crippen molar-refractivity contribution in [3.63, 3.8) is 0 Å². The molecule has 0 heterocycles. The summed E-state index contributed by atoms with van der Waals surface area (Å²) in [4.78, 5) is 0. The molecule has 0 aromatic heterocycles. The largest absolute Gasteiger partial charge is 1.00 e. The topological polar surface area (TPSA) is 339 Å². The molecule has 0 saturated heterocycles. The van der Waals surface area contributed by atoms with E-state index in [-0.39, 0.29) is 61.8 Å². The van der Waals surface area contributed by atoms with Crippen LogP contribution in [0.25, 0.3) is 0 Å². The SMILES string of the molecule is CCC1CCC(=NO)C(=NO)C1.CCC1CC[C@@H](N)[C@H](N)C1.CCC1CC[C@H](N)[C@@H](N)C1.CCO.O=S(=O)(O)O.O=S(=O)(O)O.[H-].[Na+]. The van der Waals surface area contributed by atoms with E-state index in [2.05, 4.69) is 31.1 Å². The van der Waals surface area contributed by atoms with Crippen LogP contribution in [0.2, 0.25) is 0 Å². The zero-order valence-corrected chi connectivity index (χ0v) is 31.7. The molecule has 3 rings (SSSR count). The fourth-order valence-electron chi connectivity index (χ4n) is 4.91. The number of oxime groups is 2. The normalized spacial score (nSPS) is 29.2. The molecule has 0 aromatic rings. The second kappa shape index (κ2) is 29.4. The number of nitrogens with zero attached hydrogens (tertiary/aromatic N) is 2. The first kappa shape index (κ1) is 52.3. The molecule has 0 bridgehead atoms. The Hall–Kier alpha value is -0.520. The molecule has 3 unspecified atom stereocenters. The van der Waals surface area contributed by atoms with Gasteiger partial charge < -0.3 is 39.9 Å². The summed E-state index contributed by atoms with van der Waals surface area (Å²) in [5.41, 5.74) is 24.2. The Labute approximate surface area is 298 Å². The van der Waals surface area contributed by atoms with E-state index in [9.17, 15) is 0 Å². The van der Waals surface area contributed by atoms with Crippen molar-refractivity contribution in [1.29, 1.82) is 0 Å². The molecule has 17 nitrogen and oxygen atoms in total. The molecular weight excluding hydrogens is 659 g/mol. The van der Waals surface area contributed by atoms with Crippen LogP contribution >= 0.6 is 0 Å². The number of nitrogens with two attached hydrogens (primary N) is 4. The van der Waals surface area contributed by atoms with Crippen LogP contribution in [0.15, 0.2) is 10.3 Å². The Bertz CT molecular complexity index is 959. The molecule has 0 aliphatic heterocycles. The average molecular weight is 721 g/mol. The molecule has 3 fully saturated rings. The molecule has 3 saturated carbocycles. The first-order valence-electron chi connectivity index (χ1n) is 15.2. The molecule has 3 aliphatic carbocycles. The molecule has 3 aliphatic rings. The van der Waals surface area contributed by atoms with Crippen LogP contribution in [0.1, 0.15) is 106 Å². The van der Waals surface area contributed by atoms with Gasteiger partial charge in [0, 0.05) is 30.8 Å². The van der Waals surface area contributed by atoms with Crippen molar-refractivity contribution in [3.05, 3.63) is 0 Å². The summed E-state index contributed by atoms with van der Waals surface area (Å²) in [5.74, 6) is 2.26. The molecule has 7 atom stereocenters. The Morgan fingerprint density at radius 2 is 0.935 bits per heavy atom. The molecule has 15 N–H and O–H groups in total. The summed E-state index contributed by atoms with van der Waals surface area (Å²) in [6.45, 7) is 8.50. The van der Waals surface area contributed by atoms with E-state index in [0.717, 1.165) is 56.8 Å². The molecule has 0 aromatic carbocycles. The number of hydrogen-bond acceptors (Lipinski definition) is 13. The van der Waals surface area contributed by atoms with Gasteiger partial charge in [-0.25, -0.2) is 0 Å². The van der Waals surface area contributed by atoms with Crippen molar-refractivity contribution in [1.82, 2.24) is 0 Å². The van der Waals surface area contributed by atoms with Gasteiger partial charge in [0.25, 0.3) is 0 Å². The van der Waals surface area contributed by atoms with Crippen LogP contribution in [-0.2, 0) is 20.8 Å². The van der Waals surface area contributed by atoms with Gasteiger partial charge in [0.05, 0.1) is 0 Å². The number of aliphatic hydroxyl groups is 1. The van der Waals surface area contributed by atoms with Crippen molar-refractivity contribution in [3.8, 4) is 0 Å². The average Bonchev–Trinajstić information content (AvgIpc) is 2.95. The third-order valence-electron chi connectivity index (χ3n) is 7.71. The Morgan fingerprint density at radius 3 is 1.17 bits per heavy atom. The van der Waals surface area contributed by atoms with Crippen molar-refractivity contribution >= 4 is 32.2 Å². The summed E-state index contributed by atoms with van der Waals surface area (Å²) in [5, 5.41) is 30.9. The van der Waals surface area contributed by atoms with Gasteiger partial charge in [0.15, 0.2) is 0 Å². The van der Waals surface area contributed by atoms with Crippen LogP contribution in [0.4, 0.5) is 0 Å². The Morgan fingerprint density at radius 1 is 0.630 bits per heavy atom. The summed E-state index contributed by atoms with van der Waals surface area (Å²) in [6, 6.07) is 1.06. The van der Waals surface area contributed by atoms with Crippen LogP contribution in [0.3, 0.4) is 0 Å². The van der Waals surface area contributed by atoms with E-state index < -0.39 is 20.8 Å². The van der Waals surface area contributed by atoms with Gasteiger partial charge in [-0.05, 0) is 82.5 Å². The van der Waals surface area contributed by atoms with Crippen LogP contribution < -0.4 is 52.5 Å². The van der Waals surface area contributed by atoms with Crippen LogP contribution in [-0.4, -0.2) is 92.8 Å². The molecule has 0 spiro atoms. The standard InChI is InChI=1S/C8H14N2O2.2C8H18N2.C2H6O.Na.2H2O4S.H/c1-2-6-3-4-7(9-11)8(5-6)10-12;2*1-2-6-3-4-7(9)8(10)5-6;1-2-3;;2*1-5(2,3)4;/h6,11-12H,2-5H2,1H3;2*6-8H,2-5,9-10H2,1H3;3H,2H2,1H3;;2*(H2,1,2,3,4);/q;;;;+1;;;-1/t;2*6?,7-,8-;;;;;/m.10...../s1. The zero-order chi connectivity index (χ0) is 35.8. The van der Waals surface area contributed by atoms with E-state index in [1.807, 2.05) is 0 Å². The number of aliphatic hydroxyl groups excluding tert-OH is 1. The fourth-order valence-corrected chi connectivity index (χ4v) is 4.91. The Kier molecular flexibility index (Phi) is 33.4. The van der Waals surface area contributed by atoms with Gasteiger partial charge in [-0.1, -0.05) is 50.3 Å². The van der Waals surface area contributed by atoms with Crippen molar-refractivity contribution in [2.45, 2.75) is 129 Å². The van der Waals surface area contributed by atoms with E-state index in [4.69, 9.17) is 73.5 Å². The molecule has 0 amide bonds. The fraction of sp³-hybridized carbons (Fsp3) is 0.923. The number of hydrogen-bond donors (Lipinski definition) is 11. The van der Waals surface area contributed by atoms with Crippen molar-refractivity contribution in [2.75, 3.05) is 6.61 Å². The summed E-state index contributed by atoms with van der Waals surface area (Å²) < 4.78 is 63.2. The minimum Gasteiger partial charge on any atom is -1.00 e. The second-order valence-corrected chi connectivity index (χ2v) is 12.9. The van der Waals surface area contributed by atoms with Gasteiger partial charge in [0.2, 0.25) is 0 Å². The maximum absolute atomic E-state index is 8.74. The quantitative estimate of drug-likeness (QED) is 0.0748. The Balaban J connectivity index is -0.000000157.